The monoisotopic (exact) mass is 323 g/mol. The van der Waals surface area contributed by atoms with Crippen LogP contribution < -0.4 is 5.32 Å². The highest BCUT2D eigenvalue weighted by atomic mass is 32.2. The van der Waals surface area contributed by atoms with Crippen molar-refractivity contribution in [1.82, 2.24) is 5.32 Å². The molecule has 1 rings (SSSR count). The summed E-state index contributed by atoms with van der Waals surface area (Å²) in [6, 6.07) is 0.164. The highest BCUT2D eigenvalue weighted by Gasteiger charge is 2.41. The van der Waals surface area contributed by atoms with E-state index in [0.717, 1.165) is 6.26 Å². The van der Waals surface area contributed by atoms with Crippen molar-refractivity contribution in [2.24, 2.45) is 0 Å². The first-order valence-electron chi connectivity index (χ1n) is 6.59. The van der Waals surface area contributed by atoms with Gasteiger partial charge in [-0.25, -0.2) is 21.6 Å². The van der Waals surface area contributed by atoms with Gasteiger partial charge in [-0.2, -0.15) is 0 Å². The zero-order chi connectivity index (χ0) is 16.4. The van der Waals surface area contributed by atoms with Gasteiger partial charge in [-0.05, 0) is 32.9 Å². The summed E-state index contributed by atoms with van der Waals surface area (Å²) in [5.41, 5.74) is -0.197. The molecule has 0 saturated heterocycles. The Morgan fingerprint density at radius 2 is 1.67 bits per heavy atom. The van der Waals surface area contributed by atoms with Crippen LogP contribution in [0.4, 0.5) is 13.2 Å². The van der Waals surface area contributed by atoms with Crippen molar-refractivity contribution in [3.63, 3.8) is 0 Å². The van der Waals surface area contributed by atoms with Gasteiger partial charge in [0.25, 0.3) is 0 Å². The fraction of sp³-hybridized carbons (Fsp3) is 0.571. The van der Waals surface area contributed by atoms with Gasteiger partial charge in [0, 0.05) is 17.9 Å². The zero-order valence-corrected chi connectivity index (χ0v) is 13.3. The Balaban J connectivity index is 3.43. The number of sulfone groups is 1. The Morgan fingerprint density at radius 1 is 1.14 bits per heavy atom. The quantitative estimate of drug-likeness (QED) is 0.819. The molecule has 120 valence electrons. The lowest BCUT2D eigenvalue weighted by Gasteiger charge is -2.34. The third-order valence-electron chi connectivity index (χ3n) is 3.60. The van der Waals surface area contributed by atoms with Gasteiger partial charge < -0.3 is 5.32 Å². The predicted octanol–water partition coefficient (Wildman–Crippen LogP) is 2.97. The van der Waals surface area contributed by atoms with Gasteiger partial charge in [0.1, 0.15) is 5.82 Å². The largest absolute Gasteiger partial charge is 0.309 e. The second-order valence-electron chi connectivity index (χ2n) is 5.55. The van der Waals surface area contributed by atoms with Crippen molar-refractivity contribution < 1.29 is 21.6 Å². The second-order valence-corrected chi connectivity index (χ2v) is 8.15. The predicted molar refractivity (Wildman–Crippen MR) is 76.3 cm³/mol. The van der Waals surface area contributed by atoms with E-state index in [0.29, 0.717) is 25.1 Å². The van der Waals surface area contributed by atoms with Crippen molar-refractivity contribution in [3.05, 3.63) is 35.1 Å². The molecule has 0 heterocycles. The summed E-state index contributed by atoms with van der Waals surface area (Å²) in [6.45, 7) is 5.13. The van der Waals surface area contributed by atoms with Gasteiger partial charge in [0.2, 0.25) is 0 Å². The van der Waals surface area contributed by atoms with E-state index < -0.39 is 38.1 Å². The van der Waals surface area contributed by atoms with Crippen LogP contribution in [0.2, 0.25) is 0 Å². The minimum Gasteiger partial charge on any atom is -0.309 e. The van der Waals surface area contributed by atoms with Gasteiger partial charge in [0.15, 0.2) is 21.5 Å². The molecule has 0 aliphatic carbocycles. The molecule has 3 nitrogen and oxygen atoms in total. The Labute approximate surface area is 123 Å². The Hall–Kier alpha value is -1.08. The van der Waals surface area contributed by atoms with Crippen molar-refractivity contribution in [2.75, 3.05) is 12.8 Å². The average Bonchev–Trinajstić information content (AvgIpc) is 2.34. The molecule has 1 aromatic carbocycles. The third-order valence-corrected chi connectivity index (χ3v) is 5.75. The molecular weight excluding hydrogens is 303 g/mol. The molecule has 7 heteroatoms. The second kappa shape index (κ2) is 6.36. The van der Waals surface area contributed by atoms with Crippen LogP contribution in [0.25, 0.3) is 0 Å². The molecule has 0 saturated carbocycles. The molecule has 21 heavy (non-hydrogen) atoms. The van der Waals surface area contributed by atoms with Crippen molar-refractivity contribution in [2.45, 2.75) is 38.0 Å². The van der Waals surface area contributed by atoms with Crippen LogP contribution in [0, 0.1) is 17.5 Å². The van der Waals surface area contributed by atoms with Gasteiger partial charge in [-0.3, -0.25) is 0 Å². The first-order valence-corrected chi connectivity index (χ1v) is 8.49. The summed E-state index contributed by atoms with van der Waals surface area (Å²) in [6.07, 6.45) is 1.72. The smallest absolute Gasteiger partial charge is 0.161 e. The maximum Gasteiger partial charge on any atom is 0.161 e. The SMILES string of the molecule is CCCNC(c1cc(F)c(F)cc1F)C(C)(C)S(C)(=O)=O. The topological polar surface area (TPSA) is 46.2 Å². The maximum absolute atomic E-state index is 14.0. The molecule has 1 aromatic rings. The summed E-state index contributed by atoms with van der Waals surface area (Å²) >= 11 is 0. The van der Waals surface area contributed by atoms with Crippen LogP contribution >= 0.6 is 0 Å². The molecule has 0 aliphatic rings. The summed E-state index contributed by atoms with van der Waals surface area (Å²) < 4.78 is 63.0. The molecular formula is C14H20F3NO2S. The van der Waals surface area contributed by atoms with E-state index in [2.05, 4.69) is 5.32 Å². The van der Waals surface area contributed by atoms with Crippen LogP contribution in [0.3, 0.4) is 0 Å². The van der Waals surface area contributed by atoms with E-state index in [1.54, 1.807) is 0 Å². The number of benzene rings is 1. The Morgan fingerprint density at radius 3 is 2.14 bits per heavy atom. The molecule has 0 radical (unpaired) electrons. The van der Waals surface area contributed by atoms with Crippen LogP contribution in [0.5, 0.6) is 0 Å². The van der Waals surface area contributed by atoms with Crippen molar-refractivity contribution in [1.29, 1.82) is 0 Å². The minimum atomic E-state index is -3.57. The van der Waals surface area contributed by atoms with E-state index >= 15 is 0 Å². The number of rotatable bonds is 6. The van der Waals surface area contributed by atoms with Gasteiger partial charge >= 0.3 is 0 Å². The lowest BCUT2D eigenvalue weighted by molar-refractivity contribution is 0.399. The average molecular weight is 323 g/mol. The van der Waals surface area contributed by atoms with E-state index in [9.17, 15) is 21.6 Å². The van der Waals surface area contributed by atoms with Crippen LogP contribution in [-0.4, -0.2) is 26.0 Å². The summed E-state index contributed by atoms with van der Waals surface area (Å²) in [5.74, 6) is -3.49. The maximum atomic E-state index is 14.0. The third kappa shape index (κ3) is 3.77. The molecule has 0 spiro atoms. The van der Waals surface area contributed by atoms with E-state index in [-0.39, 0.29) is 5.56 Å². The Kier molecular flexibility index (Phi) is 5.44. The lowest BCUT2D eigenvalue weighted by Crippen LogP contribution is -2.45. The highest BCUT2D eigenvalue weighted by molar-refractivity contribution is 7.92. The first kappa shape index (κ1) is 18.0. The molecule has 0 aliphatic heterocycles. The van der Waals surface area contributed by atoms with Gasteiger partial charge in [-0.1, -0.05) is 6.92 Å². The van der Waals surface area contributed by atoms with Crippen LogP contribution in [0.15, 0.2) is 12.1 Å². The summed E-state index contributed by atoms with van der Waals surface area (Å²) in [4.78, 5) is 0. The molecule has 1 unspecified atom stereocenters. The fourth-order valence-corrected chi connectivity index (χ4v) is 2.63. The number of nitrogens with one attached hydrogen (secondary N) is 1. The number of halogens is 3. The molecule has 0 amide bonds. The first-order chi connectivity index (χ1) is 9.52. The molecule has 1 N–H and O–H groups in total. The molecule has 0 bridgehead atoms. The van der Waals surface area contributed by atoms with Crippen LogP contribution in [-0.2, 0) is 9.84 Å². The van der Waals surface area contributed by atoms with E-state index in [1.165, 1.54) is 13.8 Å². The van der Waals surface area contributed by atoms with Gasteiger partial charge in [-0.15, -0.1) is 0 Å². The van der Waals surface area contributed by atoms with Crippen molar-refractivity contribution >= 4 is 9.84 Å². The molecule has 0 fully saturated rings. The molecule has 0 aromatic heterocycles. The summed E-state index contributed by atoms with van der Waals surface area (Å²) in [7, 11) is -3.57. The van der Waals surface area contributed by atoms with Gasteiger partial charge in [0.05, 0.1) is 10.8 Å². The minimum absolute atomic E-state index is 0.197. The number of hydrogen-bond acceptors (Lipinski definition) is 3. The standard InChI is InChI=1S/C14H20F3NO2S/c1-5-6-18-13(14(2,3)21(4,19)20)9-7-11(16)12(17)8-10(9)15/h7-8,13,18H,5-6H2,1-4H3. The van der Waals surface area contributed by atoms with E-state index in [4.69, 9.17) is 0 Å². The zero-order valence-electron chi connectivity index (χ0n) is 12.5. The van der Waals surface area contributed by atoms with Crippen molar-refractivity contribution in [3.8, 4) is 0 Å². The normalized spacial score (nSPS) is 14.2. The van der Waals surface area contributed by atoms with E-state index in [1.807, 2.05) is 6.92 Å². The Bertz CT molecular complexity index is 615. The van der Waals surface area contributed by atoms with Crippen LogP contribution in [0.1, 0.15) is 38.8 Å². The number of hydrogen-bond donors (Lipinski definition) is 1. The lowest BCUT2D eigenvalue weighted by atomic mass is 9.94. The highest BCUT2D eigenvalue weighted by Crippen LogP contribution is 2.34. The molecule has 1 atom stereocenters. The fourth-order valence-electron chi connectivity index (χ4n) is 1.99. The summed E-state index contributed by atoms with van der Waals surface area (Å²) in [5, 5.41) is 2.91.